The molecule has 0 saturated carbocycles. The molecule has 5 heteroatoms. The lowest BCUT2D eigenvalue weighted by Crippen LogP contribution is -2.52. The van der Waals surface area contributed by atoms with Crippen molar-refractivity contribution in [2.24, 2.45) is 0 Å². The van der Waals surface area contributed by atoms with Gasteiger partial charge in [-0.05, 0) is 39.2 Å². The monoisotopic (exact) mass is 280 g/mol. The predicted molar refractivity (Wildman–Crippen MR) is 76.5 cm³/mol. The number of carbonyl (C=O) groups excluding carboxylic acids is 2. The van der Waals surface area contributed by atoms with E-state index in [2.05, 4.69) is 11.0 Å². The van der Waals surface area contributed by atoms with Crippen molar-refractivity contribution in [1.82, 2.24) is 9.80 Å². The van der Waals surface area contributed by atoms with Gasteiger partial charge in [0.15, 0.2) is 0 Å². The van der Waals surface area contributed by atoms with Crippen LogP contribution in [0.15, 0.2) is 11.6 Å². The third-order valence-corrected chi connectivity index (χ3v) is 3.72. The lowest BCUT2D eigenvalue weighted by molar-refractivity contribution is -0.105. The molecule has 0 N–H and O–H groups in total. The molecular formula is C15H24N2O3. The summed E-state index contributed by atoms with van der Waals surface area (Å²) >= 11 is 0. The first-order valence-corrected chi connectivity index (χ1v) is 7.27. The van der Waals surface area contributed by atoms with Crippen LogP contribution >= 0.6 is 0 Å². The zero-order valence-electron chi connectivity index (χ0n) is 12.6. The molecule has 0 radical (unpaired) electrons. The summed E-state index contributed by atoms with van der Waals surface area (Å²) in [5, 5.41) is 0. The van der Waals surface area contributed by atoms with Crippen LogP contribution < -0.4 is 0 Å². The third-order valence-electron chi connectivity index (χ3n) is 3.72. The van der Waals surface area contributed by atoms with Crippen LogP contribution in [0.4, 0.5) is 4.79 Å². The Hall–Kier alpha value is -1.36. The highest BCUT2D eigenvalue weighted by atomic mass is 16.6. The number of amides is 1. The van der Waals surface area contributed by atoms with Gasteiger partial charge in [0.1, 0.15) is 11.9 Å². The number of piperazine rings is 1. The van der Waals surface area contributed by atoms with E-state index in [-0.39, 0.29) is 6.09 Å². The van der Waals surface area contributed by atoms with Crippen molar-refractivity contribution in [2.75, 3.05) is 26.2 Å². The van der Waals surface area contributed by atoms with Crippen molar-refractivity contribution in [1.29, 1.82) is 0 Å². The van der Waals surface area contributed by atoms with Crippen LogP contribution in [0, 0.1) is 0 Å². The summed E-state index contributed by atoms with van der Waals surface area (Å²) in [7, 11) is 0. The maximum absolute atomic E-state index is 12.0. The van der Waals surface area contributed by atoms with E-state index < -0.39 is 5.60 Å². The van der Waals surface area contributed by atoms with Gasteiger partial charge in [-0.3, -0.25) is 9.69 Å². The molecule has 1 unspecified atom stereocenters. The number of rotatable bonds is 2. The summed E-state index contributed by atoms with van der Waals surface area (Å²) in [6, 6.07) is 0.357. The fourth-order valence-electron chi connectivity index (χ4n) is 2.68. The Morgan fingerprint density at radius 2 is 1.95 bits per heavy atom. The number of aldehydes is 1. The first-order valence-electron chi connectivity index (χ1n) is 7.27. The molecule has 1 aliphatic carbocycles. The van der Waals surface area contributed by atoms with Crippen LogP contribution in [0.3, 0.4) is 0 Å². The Bertz CT molecular complexity index is 404. The summed E-state index contributed by atoms with van der Waals surface area (Å²) < 4.78 is 5.38. The van der Waals surface area contributed by atoms with Crippen molar-refractivity contribution in [3.63, 3.8) is 0 Å². The molecule has 0 aromatic rings. The second kappa shape index (κ2) is 5.95. The average molecular weight is 280 g/mol. The Labute approximate surface area is 120 Å². The largest absolute Gasteiger partial charge is 0.444 e. The highest BCUT2D eigenvalue weighted by molar-refractivity contribution is 5.74. The van der Waals surface area contributed by atoms with Gasteiger partial charge in [-0.15, -0.1) is 0 Å². The van der Waals surface area contributed by atoms with Crippen LogP contribution in [0.5, 0.6) is 0 Å². The summed E-state index contributed by atoms with van der Waals surface area (Å²) in [6.07, 6.45) is 4.68. The minimum atomic E-state index is -0.443. The van der Waals surface area contributed by atoms with E-state index >= 15 is 0 Å². The molecule has 5 nitrogen and oxygen atoms in total. The number of nitrogens with zero attached hydrogens (tertiary/aromatic N) is 2. The van der Waals surface area contributed by atoms with E-state index in [4.69, 9.17) is 4.74 Å². The van der Waals surface area contributed by atoms with E-state index in [9.17, 15) is 9.59 Å². The zero-order valence-corrected chi connectivity index (χ0v) is 12.6. The molecule has 1 heterocycles. The minimum Gasteiger partial charge on any atom is -0.444 e. The molecule has 1 aliphatic heterocycles. The fraction of sp³-hybridized carbons (Fsp3) is 0.733. The van der Waals surface area contributed by atoms with Gasteiger partial charge in [0.25, 0.3) is 0 Å². The number of carbonyl (C=O) groups is 2. The van der Waals surface area contributed by atoms with Crippen LogP contribution in [-0.2, 0) is 9.53 Å². The molecule has 1 atom stereocenters. The molecule has 1 saturated heterocycles. The van der Waals surface area contributed by atoms with E-state index in [1.54, 1.807) is 4.90 Å². The summed E-state index contributed by atoms with van der Waals surface area (Å²) in [5.41, 5.74) is 0.464. The topological polar surface area (TPSA) is 49.9 Å². The summed E-state index contributed by atoms with van der Waals surface area (Å²) in [4.78, 5) is 26.8. The number of hydrogen-bond donors (Lipinski definition) is 0. The number of ether oxygens (including phenoxy) is 1. The highest BCUT2D eigenvalue weighted by Gasteiger charge is 2.29. The SMILES string of the molecule is CC(C)(C)OC(=O)N1CCN(C2C=C(C=O)CC2)CC1. The average Bonchev–Trinajstić information content (AvgIpc) is 2.85. The first-order chi connectivity index (χ1) is 9.39. The maximum Gasteiger partial charge on any atom is 0.410 e. The number of allylic oxidation sites excluding steroid dienone is 1. The maximum atomic E-state index is 12.0. The number of hydrogen-bond acceptors (Lipinski definition) is 4. The molecule has 0 aromatic heterocycles. The fourth-order valence-corrected chi connectivity index (χ4v) is 2.68. The van der Waals surface area contributed by atoms with Crippen LogP contribution in [0.1, 0.15) is 33.6 Å². The molecule has 20 heavy (non-hydrogen) atoms. The van der Waals surface area contributed by atoms with Gasteiger partial charge in [0.2, 0.25) is 0 Å². The Morgan fingerprint density at radius 1 is 1.30 bits per heavy atom. The second-order valence-electron chi connectivity index (χ2n) is 6.47. The van der Waals surface area contributed by atoms with Gasteiger partial charge in [-0.2, -0.15) is 0 Å². The van der Waals surface area contributed by atoms with Gasteiger partial charge < -0.3 is 9.64 Å². The van der Waals surface area contributed by atoms with Crippen LogP contribution in [0.25, 0.3) is 0 Å². The Morgan fingerprint density at radius 3 is 2.45 bits per heavy atom. The standard InChI is InChI=1S/C15H24N2O3/c1-15(2,3)20-14(19)17-8-6-16(7-9-17)13-5-4-12(10-13)11-18/h10-11,13H,4-9H2,1-3H3. The third kappa shape index (κ3) is 3.82. The predicted octanol–water partition coefficient (Wildman–Crippen LogP) is 1.83. The quantitative estimate of drug-likeness (QED) is 0.724. The van der Waals surface area contributed by atoms with Crippen LogP contribution in [-0.4, -0.2) is 60.0 Å². The summed E-state index contributed by atoms with van der Waals surface area (Å²) in [6.45, 7) is 8.70. The van der Waals surface area contributed by atoms with Crippen molar-refractivity contribution in [2.45, 2.75) is 45.3 Å². The molecule has 1 fully saturated rings. The van der Waals surface area contributed by atoms with Crippen molar-refractivity contribution >= 4 is 12.4 Å². The van der Waals surface area contributed by atoms with Gasteiger partial charge in [0.05, 0.1) is 0 Å². The normalized spacial score (nSPS) is 24.4. The molecule has 0 bridgehead atoms. The smallest absolute Gasteiger partial charge is 0.410 e. The van der Waals surface area contributed by atoms with Gasteiger partial charge in [-0.25, -0.2) is 4.79 Å². The second-order valence-corrected chi connectivity index (χ2v) is 6.47. The molecule has 112 valence electrons. The van der Waals surface area contributed by atoms with Gasteiger partial charge in [-0.1, -0.05) is 6.08 Å². The minimum absolute atomic E-state index is 0.229. The van der Waals surface area contributed by atoms with Gasteiger partial charge >= 0.3 is 6.09 Å². The molecule has 0 spiro atoms. The highest BCUT2D eigenvalue weighted by Crippen LogP contribution is 2.23. The van der Waals surface area contributed by atoms with Crippen LogP contribution in [0.2, 0.25) is 0 Å². The van der Waals surface area contributed by atoms with E-state index in [1.165, 1.54) is 0 Å². The lowest BCUT2D eigenvalue weighted by Gasteiger charge is -2.37. The Kier molecular flexibility index (Phi) is 4.48. The Balaban J connectivity index is 1.82. The lowest BCUT2D eigenvalue weighted by atomic mass is 10.2. The molecule has 2 aliphatic rings. The molecular weight excluding hydrogens is 256 g/mol. The van der Waals surface area contributed by atoms with Gasteiger partial charge in [0, 0.05) is 32.2 Å². The summed E-state index contributed by atoms with van der Waals surface area (Å²) in [5.74, 6) is 0. The van der Waals surface area contributed by atoms with Crippen molar-refractivity contribution in [3.05, 3.63) is 11.6 Å². The molecule has 2 rings (SSSR count). The molecule has 1 amide bonds. The van der Waals surface area contributed by atoms with E-state index in [0.29, 0.717) is 19.1 Å². The van der Waals surface area contributed by atoms with E-state index in [1.807, 2.05) is 20.8 Å². The molecule has 0 aromatic carbocycles. The van der Waals surface area contributed by atoms with Crippen molar-refractivity contribution < 1.29 is 14.3 Å². The zero-order chi connectivity index (χ0) is 14.8. The van der Waals surface area contributed by atoms with Crippen molar-refractivity contribution in [3.8, 4) is 0 Å². The first kappa shape index (κ1) is 15.0. The van der Waals surface area contributed by atoms with E-state index in [0.717, 1.165) is 37.8 Å².